The van der Waals surface area contributed by atoms with Crippen molar-refractivity contribution in [3.63, 3.8) is 0 Å². The molecule has 0 fully saturated rings. The van der Waals surface area contributed by atoms with E-state index >= 15 is 0 Å². The Kier molecular flexibility index (Phi) is 5.77. The Labute approximate surface area is 87.2 Å². The third-order valence-electron chi connectivity index (χ3n) is 2.18. The number of carbonyl (C=O) groups is 1. The summed E-state index contributed by atoms with van der Waals surface area (Å²) >= 11 is 0. The molecule has 0 aliphatic heterocycles. The third kappa shape index (κ3) is 5.22. The maximum atomic E-state index is 11.6. The van der Waals surface area contributed by atoms with Gasteiger partial charge in [0.25, 0.3) is 0 Å². The molecule has 0 saturated carbocycles. The second-order valence-corrected chi connectivity index (χ2v) is 4.61. The van der Waals surface area contributed by atoms with Gasteiger partial charge in [0, 0.05) is 25.2 Å². The number of carbonyl (C=O) groups excluding carboxylic acids is 1. The number of methoxy groups -OCH3 is 1. The lowest BCUT2D eigenvalue weighted by atomic mass is 9.95. The standard InChI is InChI=1S/C11H23NO2/c1-6-9(7-8-14-5)12-10(13)11(2,3)4/h9H,6-8H2,1-5H3,(H,12,13)/t9-/m1/s1. The van der Waals surface area contributed by atoms with Crippen molar-refractivity contribution in [2.24, 2.45) is 5.41 Å². The Morgan fingerprint density at radius 2 is 2.00 bits per heavy atom. The fraction of sp³-hybridized carbons (Fsp3) is 0.909. The highest BCUT2D eigenvalue weighted by Gasteiger charge is 2.23. The van der Waals surface area contributed by atoms with E-state index in [1.54, 1.807) is 7.11 Å². The number of ether oxygens (including phenoxy) is 1. The fourth-order valence-corrected chi connectivity index (χ4v) is 1.04. The number of hydrogen-bond donors (Lipinski definition) is 1. The average Bonchev–Trinajstić information content (AvgIpc) is 2.10. The molecule has 0 rings (SSSR count). The van der Waals surface area contributed by atoms with E-state index in [4.69, 9.17) is 4.74 Å². The first kappa shape index (κ1) is 13.4. The van der Waals surface area contributed by atoms with Gasteiger partial charge in [0.05, 0.1) is 0 Å². The van der Waals surface area contributed by atoms with Crippen molar-refractivity contribution in [2.75, 3.05) is 13.7 Å². The molecule has 0 heterocycles. The Hall–Kier alpha value is -0.570. The highest BCUT2D eigenvalue weighted by atomic mass is 16.5. The second kappa shape index (κ2) is 6.02. The zero-order valence-corrected chi connectivity index (χ0v) is 10.0. The summed E-state index contributed by atoms with van der Waals surface area (Å²) < 4.78 is 4.99. The summed E-state index contributed by atoms with van der Waals surface area (Å²) in [4.78, 5) is 11.6. The van der Waals surface area contributed by atoms with E-state index in [0.717, 1.165) is 12.8 Å². The molecular formula is C11H23NO2. The number of hydrogen-bond acceptors (Lipinski definition) is 2. The highest BCUT2D eigenvalue weighted by Crippen LogP contribution is 2.13. The predicted molar refractivity (Wildman–Crippen MR) is 58.2 cm³/mol. The number of amides is 1. The van der Waals surface area contributed by atoms with E-state index in [-0.39, 0.29) is 17.4 Å². The van der Waals surface area contributed by atoms with Crippen molar-refractivity contribution in [3.05, 3.63) is 0 Å². The maximum absolute atomic E-state index is 11.6. The molecule has 0 saturated heterocycles. The topological polar surface area (TPSA) is 38.3 Å². The van der Waals surface area contributed by atoms with E-state index in [0.29, 0.717) is 6.61 Å². The first-order chi connectivity index (χ1) is 6.41. The molecule has 3 heteroatoms. The van der Waals surface area contributed by atoms with Gasteiger partial charge in [-0.1, -0.05) is 27.7 Å². The smallest absolute Gasteiger partial charge is 0.225 e. The zero-order valence-electron chi connectivity index (χ0n) is 10.0. The van der Waals surface area contributed by atoms with Gasteiger partial charge in [-0.3, -0.25) is 4.79 Å². The van der Waals surface area contributed by atoms with Crippen molar-refractivity contribution in [1.82, 2.24) is 5.32 Å². The maximum Gasteiger partial charge on any atom is 0.225 e. The van der Waals surface area contributed by atoms with Gasteiger partial charge in [-0.05, 0) is 12.8 Å². The van der Waals surface area contributed by atoms with Crippen LogP contribution < -0.4 is 5.32 Å². The van der Waals surface area contributed by atoms with Crippen molar-refractivity contribution < 1.29 is 9.53 Å². The van der Waals surface area contributed by atoms with E-state index in [9.17, 15) is 4.79 Å². The molecule has 0 bridgehead atoms. The summed E-state index contributed by atoms with van der Waals surface area (Å²) in [6.07, 6.45) is 1.83. The SMILES string of the molecule is CC[C@H](CCOC)NC(=O)C(C)(C)C. The normalized spacial score (nSPS) is 13.8. The lowest BCUT2D eigenvalue weighted by Crippen LogP contribution is -2.41. The van der Waals surface area contributed by atoms with E-state index < -0.39 is 0 Å². The largest absolute Gasteiger partial charge is 0.385 e. The molecule has 1 N–H and O–H groups in total. The van der Waals surface area contributed by atoms with Crippen molar-refractivity contribution >= 4 is 5.91 Å². The minimum absolute atomic E-state index is 0.112. The van der Waals surface area contributed by atoms with Crippen LogP contribution in [0.4, 0.5) is 0 Å². The first-order valence-electron chi connectivity index (χ1n) is 5.21. The van der Waals surface area contributed by atoms with Crippen LogP contribution in [0.15, 0.2) is 0 Å². The molecule has 14 heavy (non-hydrogen) atoms. The third-order valence-corrected chi connectivity index (χ3v) is 2.18. The van der Waals surface area contributed by atoms with Gasteiger partial charge in [-0.15, -0.1) is 0 Å². The molecule has 0 aromatic heterocycles. The molecule has 0 aromatic carbocycles. The van der Waals surface area contributed by atoms with Gasteiger partial charge in [0.2, 0.25) is 5.91 Å². The van der Waals surface area contributed by atoms with Crippen LogP contribution >= 0.6 is 0 Å². The predicted octanol–water partition coefficient (Wildman–Crippen LogP) is 1.96. The number of nitrogens with one attached hydrogen (secondary N) is 1. The highest BCUT2D eigenvalue weighted by molar-refractivity contribution is 5.81. The van der Waals surface area contributed by atoms with Crippen LogP contribution in [0.1, 0.15) is 40.5 Å². The van der Waals surface area contributed by atoms with Crippen LogP contribution in [0.25, 0.3) is 0 Å². The van der Waals surface area contributed by atoms with Gasteiger partial charge >= 0.3 is 0 Å². The lowest BCUT2D eigenvalue weighted by molar-refractivity contribution is -0.129. The lowest BCUT2D eigenvalue weighted by Gasteiger charge is -2.23. The Morgan fingerprint density at radius 3 is 2.36 bits per heavy atom. The fourth-order valence-electron chi connectivity index (χ4n) is 1.04. The monoisotopic (exact) mass is 201 g/mol. The van der Waals surface area contributed by atoms with Crippen LogP contribution in [-0.2, 0) is 9.53 Å². The molecular weight excluding hydrogens is 178 g/mol. The van der Waals surface area contributed by atoms with E-state index in [1.807, 2.05) is 20.8 Å². The molecule has 0 spiro atoms. The summed E-state index contributed by atoms with van der Waals surface area (Å²) in [7, 11) is 1.68. The molecule has 3 nitrogen and oxygen atoms in total. The summed E-state index contributed by atoms with van der Waals surface area (Å²) in [5.41, 5.74) is -0.305. The van der Waals surface area contributed by atoms with Crippen LogP contribution in [0, 0.1) is 5.41 Å². The van der Waals surface area contributed by atoms with E-state index in [2.05, 4.69) is 12.2 Å². The van der Waals surface area contributed by atoms with Crippen LogP contribution in [-0.4, -0.2) is 25.7 Å². The van der Waals surface area contributed by atoms with Gasteiger partial charge in [-0.2, -0.15) is 0 Å². The Balaban J connectivity index is 3.99. The van der Waals surface area contributed by atoms with Crippen LogP contribution in [0.3, 0.4) is 0 Å². The molecule has 84 valence electrons. The Bertz CT molecular complexity index is 173. The van der Waals surface area contributed by atoms with Crippen molar-refractivity contribution in [2.45, 2.75) is 46.6 Å². The van der Waals surface area contributed by atoms with E-state index in [1.165, 1.54) is 0 Å². The zero-order chi connectivity index (χ0) is 11.2. The van der Waals surface area contributed by atoms with Crippen molar-refractivity contribution in [3.8, 4) is 0 Å². The van der Waals surface area contributed by atoms with Gasteiger partial charge < -0.3 is 10.1 Å². The van der Waals surface area contributed by atoms with Gasteiger partial charge in [-0.25, -0.2) is 0 Å². The molecule has 0 aliphatic carbocycles. The summed E-state index contributed by atoms with van der Waals surface area (Å²) in [5, 5.41) is 3.02. The number of rotatable bonds is 5. The quantitative estimate of drug-likeness (QED) is 0.738. The minimum Gasteiger partial charge on any atom is -0.385 e. The molecule has 1 atom stereocenters. The summed E-state index contributed by atoms with van der Waals surface area (Å²) in [6.45, 7) is 8.54. The van der Waals surface area contributed by atoms with Gasteiger partial charge in [0.15, 0.2) is 0 Å². The van der Waals surface area contributed by atoms with Gasteiger partial charge in [0.1, 0.15) is 0 Å². The average molecular weight is 201 g/mol. The minimum atomic E-state index is -0.305. The van der Waals surface area contributed by atoms with Crippen LogP contribution in [0.5, 0.6) is 0 Å². The first-order valence-corrected chi connectivity index (χ1v) is 5.21. The Morgan fingerprint density at radius 1 is 1.43 bits per heavy atom. The molecule has 0 unspecified atom stereocenters. The molecule has 1 amide bonds. The molecule has 0 radical (unpaired) electrons. The second-order valence-electron chi connectivity index (χ2n) is 4.61. The van der Waals surface area contributed by atoms with Crippen LogP contribution in [0.2, 0.25) is 0 Å². The molecule has 0 aliphatic rings. The van der Waals surface area contributed by atoms with Crippen molar-refractivity contribution in [1.29, 1.82) is 0 Å². The summed E-state index contributed by atoms with van der Waals surface area (Å²) in [6, 6.07) is 0.238. The molecule has 0 aromatic rings. The summed E-state index contributed by atoms with van der Waals surface area (Å²) in [5.74, 6) is 0.112.